The van der Waals surface area contributed by atoms with Crippen molar-refractivity contribution in [3.05, 3.63) is 29.6 Å². The Balaban J connectivity index is 2.58. The SMILES string of the molecule is COc1ccc(CN(C)C(=O)CNC(C)C)cc1F. The van der Waals surface area contributed by atoms with Gasteiger partial charge in [-0.05, 0) is 17.7 Å². The molecule has 0 aromatic heterocycles. The predicted molar refractivity (Wildman–Crippen MR) is 72.6 cm³/mol. The van der Waals surface area contributed by atoms with Crippen molar-refractivity contribution in [3.63, 3.8) is 0 Å². The third kappa shape index (κ3) is 4.87. The molecule has 0 bridgehead atoms. The number of likely N-dealkylation sites (N-methyl/N-ethyl adjacent to an activating group) is 1. The van der Waals surface area contributed by atoms with Crippen molar-refractivity contribution in [1.29, 1.82) is 0 Å². The maximum atomic E-state index is 13.5. The highest BCUT2D eigenvalue weighted by Gasteiger charge is 2.11. The van der Waals surface area contributed by atoms with E-state index in [0.717, 1.165) is 5.56 Å². The maximum Gasteiger partial charge on any atom is 0.236 e. The van der Waals surface area contributed by atoms with Crippen LogP contribution in [0.25, 0.3) is 0 Å². The number of ether oxygens (including phenoxy) is 1. The van der Waals surface area contributed by atoms with Gasteiger partial charge in [-0.2, -0.15) is 0 Å². The molecule has 0 aliphatic heterocycles. The summed E-state index contributed by atoms with van der Waals surface area (Å²) in [6.45, 7) is 4.62. The monoisotopic (exact) mass is 268 g/mol. The fraction of sp³-hybridized carbons (Fsp3) is 0.500. The second-order valence-corrected chi connectivity index (χ2v) is 4.75. The van der Waals surface area contributed by atoms with Crippen molar-refractivity contribution in [2.24, 2.45) is 0 Å². The lowest BCUT2D eigenvalue weighted by molar-refractivity contribution is -0.129. The molecule has 5 heteroatoms. The van der Waals surface area contributed by atoms with Crippen LogP contribution in [0.5, 0.6) is 5.75 Å². The van der Waals surface area contributed by atoms with Gasteiger partial charge in [-0.15, -0.1) is 0 Å². The third-order valence-corrected chi connectivity index (χ3v) is 2.72. The topological polar surface area (TPSA) is 41.6 Å². The Morgan fingerprint density at radius 3 is 2.68 bits per heavy atom. The van der Waals surface area contributed by atoms with Crippen molar-refractivity contribution in [3.8, 4) is 5.75 Å². The van der Waals surface area contributed by atoms with Gasteiger partial charge < -0.3 is 15.0 Å². The van der Waals surface area contributed by atoms with Gasteiger partial charge in [-0.1, -0.05) is 19.9 Å². The minimum absolute atomic E-state index is 0.0232. The number of carbonyl (C=O) groups is 1. The molecule has 1 N–H and O–H groups in total. The molecule has 1 amide bonds. The molecule has 1 aromatic carbocycles. The molecule has 0 unspecified atom stereocenters. The van der Waals surface area contributed by atoms with Crippen molar-refractivity contribution < 1.29 is 13.9 Å². The Bertz CT molecular complexity index is 435. The van der Waals surface area contributed by atoms with E-state index in [0.29, 0.717) is 6.54 Å². The minimum Gasteiger partial charge on any atom is -0.494 e. The number of rotatable bonds is 6. The quantitative estimate of drug-likeness (QED) is 0.855. The van der Waals surface area contributed by atoms with Gasteiger partial charge in [-0.25, -0.2) is 4.39 Å². The fourth-order valence-electron chi connectivity index (χ4n) is 1.60. The first kappa shape index (κ1) is 15.4. The summed E-state index contributed by atoms with van der Waals surface area (Å²) in [5, 5.41) is 3.06. The lowest BCUT2D eigenvalue weighted by atomic mass is 10.2. The van der Waals surface area contributed by atoms with Gasteiger partial charge in [0.2, 0.25) is 5.91 Å². The standard InChI is InChI=1S/C14H21FN2O2/c1-10(2)16-8-14(18)17(3)9-11-5-6-13(19-4)12(15)7-11/h5-7,10,16H,8-9H2,1-4H3. The summed E-state index contributed by atoms with van der Waals surface area (Å²) in [7, 11) is 3.12. The van der Waals surface area contributed by atoms with Crippen LogP contribution in [0.2, 0.25) is 0 Å². The summed E-state index contributed by atoms with van der Waals surface area (Å²) < 4.78 is 18.4. The first-order valence-corrected chi connectivity index (χ1v) is 6.23. The zero-order chi connectivity index (χ0) is 14.4. The first-order chi connectivity index (χ1) is 8.93. The summed E-state index contributed by atoms with van der Waals surface area (Å²) >= 11 is 0. The molecule has 0 saturated carbocycles. The molecule has 4 nitrogen and oxygen atoms in total. The molecule has 1 rings (SSSR count). The molecule has 19 heavy (non-hydrogen) atoms. The van der Waals surface area contributed by atoms with Crippen molar-refractivity contribution in [1.82, 2.24) is 10.2 Å². The fourth-order valence-corrected chi connectivity index (χ4v) is 1.60. The first-order valence-electron chi connectivity index (χ1n) is 6.23. The van der Waals surface area contributed by atoms with Crippen LogP contribution in [0.3, 0.4) is 0 Å². The molecule has 0 atom stereocenters. The highest BCUT2D eigenvalue weighted by molar-refractivity contribution is 5.78. The molecule has 0 fully saturated rings. The van der Waals surface area contributed by atoms with Gasteiger partial charge in [0, 0.05) is 19.6 Å². The van der Waals surface area contributed by atoms with E-state index in [9.17, 15) is 9.18 Å². The number of hydrogen-bond acceptors (Lipinski definition) is 3. The number of carbonyl (C=O) groups excluding carboxylic acids is 1. The number of nitrogens with zero attached hydrogens (tertiary/aromatic N) is 1. The predicted octanol–water partition coefficient (Wildman–Crippen LogP) is 1.79. The molecule has 0 saturated heterocycles. The molecular weight excluding hydrogens is 247 g/mol. The van der Waals surface area contributed by atoms with Crippen LogP contribution < -0.4 is 10.1 Å². The summed E-state index contributed by atoms with van der Waals surface area (Å²) in [5.41, 5.74) is 0.735. The Morgan fingerprint density at radius 1 is 1.47 bits per heavy atom. The Labute approximate surface area is 113 Å². The smallest absolute Gasteiger partial charge is 0.236 e. The average molecular weight is 268 g/mol. The van der Waals surface area contributed by atoms with E-state index in [-0.39, 0.29) is 24.2 Å². The molecule has 0 heterocycles. The summed E-state index contributed by atoms with van der Waals surface area (Å²) in [6.07, 6.45) is 0. The summed E-state index contributed by atoms with van der Waals surface area (Å²) in [6, 6.07) is 4.96. The van der Waals surface area contributed by atoms with Crippen LogP contribution >= 0.6 is 0 Å². The third-order valence-electron chi connectivity index (χ3n) is 2.72. The zero-order valence-electron chi connectivity index (χ0n) is 11.9. The van der Waals surface area contributed by atoms with Crippen molar-refractivity contribution in [2.75, 3.05) is 20.7 Å². The van der Waals surface area contributed by atoms with E-state index in [1.807, 2.05) is 13.8 Å². The van der Waals surface area contributed by atoms with Crippen molar-refractivity contribution >= 4 is 5.91 Å². The molecule has 106 valence electrons. The number of nitrogens with one attached hydrogen (secondary N) is 1. The van der Waals surface area contributed by atoms with Gasteiger partial charge >= 0.3 is 0 Å². The zero-order valence-corrected chi connectivity index (χ0v) is 11.9. The largest absolute Gasteiger partial charge is 0.494 e. The number of benzene rings is 1. The van der Waals surface area contributed by atoms with E-state index >= 15 is 0 Å². The second kappa shape index (κ2) is 7.09. The van der Waals surface area contributed by atoms with E-state index < -0.39 is 5.82 Å². The van der Waals surface area contributed by atoms with Crippen molar-refractivity contribution in [2.45, 2.75) is 26.4 Å². The van der Waals surface area contributed by atoms with Gasteiger partial charge in [0.05, 0.1) is 13.7 Å². The number of hydrogen-bond donors (Lipinski definition) is 1. The maximum absolute atomic E-state index is 13.5. The number of halogens is 1. The van der Waals surface area contributed by atoms with Crippen LogP contribution in [0.4, 0.5) is 4.39 Å². The highest BCUT2D eigenvalue weighted by Crippen LogP contribution is 2.18. The van der Waals surface area contributed by atoms with Gasteiger partial charge in [0.1, 0.15) is 0 Å². The molecular formula is C14H21FN2O2. The van der Waals surface area contributed by atoms with Gasteiger partial charge in [-0.3, -0.25) is 4.79 Å². The van der Waals surface area contributed by atoms with E-state index in [2.05, 4.69) is 5.32 Å². The molecule has 0 spiro atoms. The second-order valence-electron chi connectivity index (χ2n) is 4.75. The normalized spacial score (nSPS) is 10.6. The highest BCUT2D eigenvalue weighted by atomic mass is 19.1. The van der Waals surface area contributed by atoms with Crippen LogP contribution in [-0.2, 0) is 11.3 Å². The Kier molecular flexibility index (Phi) is 5.76. The van der Waals surface area contributed by atoms with Gasteiger partial charge in [0.15, 0.2) is 11.6 Å². The van der Waals surface area contributed by atoms with Gasteiger partial charge in [0.25, 0.3) is 0 Å². The van der Waals surface area contributed by atoms with E-state index in [1.165, 1.54) is 13.2 Å². The average Bonchev–Trinajstić information content (AvgIpc) is 2.36. The lowest BCUT2D eigenvalue weighted by Gasteiger charge is -2.18. The Hall–Kier alpha value is -1.62. The van der Waals surface area contributed by atoms with Crippen LogP contribution in [0.1, 0.15) is 19.4 Å². The molecule has 0 aliphatic carbocycles. The van der Waals surface area contributed by atoms with Crippen LogP contribution in [0.15, 0.2) is 18.2 Å². The number of amides is 1. The molecule has 0 radical (unpaired) electrons. The van der Waals surface area contributed by atoms with E-state index in [1.54, 1.807) is 24.1 Å². The van der Waals surface area contributed by atoms with Crippen LogP contribution in [0, 0.1) is 5.82 Å². The number of methoxy groups -OCH3 is 1. The van der Waals surface area contributed by atoms with E-state index in [4.69, 9.17) is 4.74 Å². The summed E-state index contributed by atoms with van der Waals surface area (Å²) in [4.78, 5) is 13.4. The lowest BCUT2D eigenvalue weighted by Crippen LogP contribution is -2.37. The molecule has 0 aliphatic rings. The minimum atomic E-state index is -0.416. The van der Waals surface area contributed by atoms with Crippen LogP contribution in [-0.4, -0.2) is 37.6 Å². The molecule has 1 aromatic rings. The Morgan fingerprint density at radius 2 is 2.16 bits per heavy atom. The summed E-state index contributed by atoms with van der Waals surface area (Å²) in [5.74, 6) is -0.231.